The second-order valence-corrected chi connectivity index (χ2v) is 26.0. The van der Waals surface area contributed by atoms with Gasteiger partial charge in [-0.3, -0.25) is 24.0 Å². The zero-order valence-corrected chi connectivity index (χ0v) is 56.3. The number of aliphatic hydroxyl groups is 21. The zero-order chi connectivity index (χ0) is 76.8. The quantitative estimate of drug-likeness (QED) is 0.0363. The Morgan fingerprint density at radius 2 is 0.433 bits per heavy atom. The first-order chi connectivity index (χ1) is 49.2. The van der Waals surface area contributed by atoms with Crippen LogP contribution in [-0.2, 0) is 95.0 Å². The minimum atomic E-state index is -2.34. The van der Waals surface area contributed by atoms with Crippen LogP contribution in [0.5, 0.6) is 0 Å². The van der Waals surface area contributed by atoms with Crippen molar-refractivity contribution >= 4 is 29.5 Å². The molecule has 8 aliphatic heterocycles. The van der Waals surface area contributed by atoms with E-state index in [4.69, 9.17) is 71.1 Å². The van der Waals surface area contributed by atoms with E-state index in [1.165, 1.54) is 0 Å². The fourth-order valence-electron chi connectivity index (χ4n) is 13.5. The van der Waals surface area contributed by atoms with Crippen molar-refractivity contribution in [2.45, 2.75) is 280 Å². The molecule has 0 saturated carbocycles. The van der Waals surface area contributed by atoms with Crippen LogP contribution < -0.4 is 26.6 Å². The van der Waals surface area contributed by atoms with E-state index in [1.54, 1.807) is 0 Å². The first kappa shape index (κ1) is 85.5. The SMILES string of the molecule is CC(=O)N[C@@H]1[C@@H](O[C@@H]2O[C@H](CO)[C@@H](O[C@@H]3O[C@H](CO)[C@H](O)[C@H](O[C@@H]4O[C@H](CO)[C@@H](O[C@@H]5O[C@H](CO)[C@H](O)[C@H](O[C@@H]6O[C@H](CO)[C@@H](O[C@@H]7O[C@H](CO)[C@H](O)[C@H](O[C@@H]8O[C@H](CO)[C@@H](O)[C@H](O)[C@H]8NC(C)=O)[C@H]7O)[C@H](O)[C@H]6NC(C)=O)[C@H]5O)[C@H](O)[C@H]4NC(C)=O)[C@H]3O)[C@H](O)[C@H]2NC(C)=O)[C@@H](O)[C@@H](CO)O[C@@H]1O. The van der Waals surface area contributed by atoms with E-state index >= 15 is 0 Å². The number of amides is 5. The fourth-order valence-corrected chi connectivity index (χ4v) is 13.5. The highest BCUT2D eigenvalue weighted by Gasteiger charge is 2.61. The van der Waals surface area contributed by atoms with Crippen LogP contribution in [0.4, 0.5) is 0 Å². The third kappa shape index (κ3) is 19.0. The van der Waals surface area contributed by atoms with E-state index in [1.807, 2.05) is 0 Å². The average molecular weight is 1520 g/mol. The number of aliphatic hydroxyl groups excluding tert-OH is 21. The van der Waals surface area contributed by atoms with E-state index < -0.39 is 328 Å². The molecule has 0 spiro atoms. The van der Waals surface area contributed by atoms with E-state index in [0.29, 0.717) is 0 Å². The summed E-state index contributed by atoms with van der Waals surface area (Å²) in [4.78, 5) is 62.8. The molecule has 8 aliphatic rings. The summed E-state index contributed by atoms with van der Waals surface area (Å²) < 4.78 is 87.7. The van der Waals surface area contributed by atoms with Gasteiger partial charge in [0.05, 0.1) is 52.9 Å². The number of hydrogen-bond donors (Lipinski definition) is 26. The molecule has 0 aromatic heterocycles. The van der Waals surface area contributed by atoms with E-state index in [0.717, 1.165) is 34.6 Å². The van der Waals surface area contributed by atoms with Crippen molar-refractivity contribution in [3.05, 3.63) is 0 Å². The van der Waals surface area contributed by atoms with Gasteiger partial charge in [-0.15, -0.1) is 0 Å². The lowest BCUT2D eigenvalue weighted by molar-refractivity contribution is -0.388. The molecule has 0 bridgehead atoms. The molecule has 0 unspecified atom stereocenters. The van der Waals surface area contributed by atoms with Crippen molar-refractivity contribution < 1.29 is 202 Å². The Hall–Kier alpha value is -4.09. The van der Waals surface area contributed by atoms with Crippen LogP contribution in [0.2, 0.25) is 0 Å². The fraction of sp³-hybridized carbons (Fsp3) is 0.914. The van der Waals surface area contributed by atoms with Crippen LogP contribution in [0.3, 0.4) is 0 Å². The summed E-state index contributed by atoms with van der Waals surface area (Å²) >= 11 is 0. The molecule has 46 nitrogen and oxygen atoms in total. The summed E-state index contributed by atoms with van der Waals surface area (Å²) in [6, 6.07) is -8.78. The van der Waals surface area contributed by atoms with Crippen molar-refractivity contribution in [3.8, 4) is 0 Å². The summed E-state index contributed by atoms with van der Waals surface area (Å²) in [6.07, 6.45) is -69.1. The first-order valence-electron chi connectivity index (χ1n) is 33.1. The zero-order valence-electron chi connectivity index (χ0n) is 56.3. The lowest BCUT2D eigenvalue weighted by Crippen LogP contribution is -2.71. The Kier molecular flexibility index (Phi) is 30.9. The summed E-state index contributed by atoms with van der Waals surface area (Å²) in [5.41, 5.74) is 0. The maximum atomic E-state index is 12.9. The molecule has 0 radical (unpaired) electrons. The third-order valence-corrected chi connectivity index (χ3v) is 18.7. The molecular formula is C58H97N5O41. The van der Waals surface area contributed by atoms with Gasteiger partial charge in [-0.2, -0.15) is 0 Å². The summed E-state index contributed by atoms with van der Waals surface area (Å²) in [5, 5.41) is 245. The Balaban J connectivity index is 0.984. The van der Waals surface area contributed by atoms with Crippen LogP contribution in [0.25, 0.3) is 0 Å². The summed E-state index contributed by atoms with van der Waals surface area (Å²) in [7, 11) is 0. The molecule has 40 atom stereocenters. The van der Waals surface area contributed by atoms with Gasteiger partial charge in [0.15, 0.2) is 50.3 Å². The Morgan fingerprint density at radius 3 is 0.702 bits per heavy atom. The molecule has 5 amide bonds. The second-order valence-electron chi connectivity index (χ2n) is 26.0. The predicted molar refractivity (Wildman–Crippen MR) is 322 cm³/mol. The van der Waals surface area contributed by atoms with Gasteiger partial charge >= 0.3 is 0 Å². The molecule has 8 saturated heterocycles. The van der Waals surface area contributed by atoms with Crippen LogP contribution in [0.15, 0.2) is 0 Å². The second kappa shape index (κ2) is 37.5. The van der Waals surface area contributed by atoms with E-state index in [9.17, 15) is 131 Å². The molecule has 46 heteroatoms. The van der Waals surface area contributed by atoms with Crippen LogP contribution >= 0.6 is 0 Å². The number of ether oxygens (including phenoxy) is 15. The van der Waals surface area contributed by atoms with Gasteiger partial charge in [-0.1, -0.05) is 0 Å². The van der Waals surface area contributed by atoms with Gasteiger partial charge in [0.2, 0.25) is 29.5 Å². The average Bonchev–Trinajstić information content (AvgIpc) is 0.773. The molecule has 8 heterocycles. The van der Waals surface area contributed by atoms with Gasteiger partial charge in [0, 0.05) is 34.6 Å². The number of nitrogens with one attached hydrogen (secondary N) is 5. The van der Waals surface area contributed by atoms with Crippen LogP contribution in [-0.4, -0.2) is 435 Å². The molecule has 26 N–H and O–H groups in total. The molecule has 104 heavy (non-hydrogen) atoms. The third-order valence-electron chi connectivity index (χ3n) is 18.7. The number of hydrogen-bond acceptors (Lipinski definition) is 41. The Labute approximate surface area is 589 Å². The first-order valence-corrected chi connectivity index (χ1v) is 33.1. The number of carbonyl (C=O) groups is 5. The minimum absolute atomic E-state index is 0.755. The lowest BCUT2D eigenvalue weighted by atomic mass is 9.93. The monoisotopic (exact) mass is 1520 g/mol. The van der Waals surface area contributed by atoms with Gasteiger partial charge in [-0.05, 0) is 0 Å². The Bertz CT molecular complexity index is 2770. The maximum absolute atomic E-state index is 12.9. The normalized spacial score (nSPS) is 47.2. The topological polar surface area (TPSA) is 709 Å². The number of carbonyl (C=O) groups excluding carboxylic acids is 5. The summed E-state index contributed by atoms with van der Waals surface area (Å²) in [5.74, 6) is -4.24. The van der Waals surface area contributed by atoms with Crippen molar-refractivity contribution in [2.24, 2.45) is 0 Å². The largest absolute Gasteiger partial charge is 0.394 e. The highest BCUT2D eigenvalue weighted by molar-refractivity contribution is 5.75. The highest BCUT2D eigenvalue weighted by atomic mass is 16.8. The molecule has 8 rings (SSSR count). The Morgan fingerprint density at radius 1 is 0.231 bits per heavy atom. The molecule has 0 aromatic rings. The van der Waals surface area contributed by atoms with Crippen LogP contribution in [0, 0.1) is 0 Å². The van der Waals surface area contributed by atoms with Crippen molar-refractivity contribution in [2.75, 3.05) is 52.9 Å². The molecule has 0 aliphatic carbocycles. The van der Waals surface area contributed by atoms with Gasteiger partial charge < -0.3 is 205 Å². The van der Waals surface area contributed by atoms with Crippen molar-refractivity contribution in [1.29, 1.82) is 0 Å². The van der Waals surface area contributed by atoms with Gasteiger partial charge in [0.25, 0.3) is 0 Å². The van der Waals surface area contributed by atoms with Crippen LogP contribution in [0.1, 0.15) is 34.6 Å². The van der Waals surface area contributed by atoms with Crippen molar-refractivity contribution in [1.82, 2.24) is 26.6 Å². The molecular weight excluding hydrogens is 1420 g/mol. The molecule has 600 valence electrons. The van der Waals surface area contributed by atoms with Gasteiger partial charge in [0.1, 0.15) is 195 Å². The smallest absolute Gasteiger partial charge is 0.217 e. The highest BCUT2D eigenvalue weighted by Crippen LogP contribution is 2.39. The standard InChI is InChI=1S/C58H97N5O41/c1-14(72)59-27-37(82)32(77)19(6-64)91-52(27)102-48-34(79)21(8-66)92-56(41(48)86)99-45-25(12-70)96-54(29(39(45)84)61-16(3)74)104-50-36(81)23(10-68)94-58(43(50)88)100-46-26(13-71)97-55(30(40(46)85)62-17(4)75)103-49-35(80)22(9-67)93-57(42(49)87)98-44-24(11-69)95-53(28(38(44)83)60-15(2)73)101-47-31(63-18(5)76)51(89)90-20(7-65)33(47)78/h19-58,64-71,77-89H,6-13H2,1-5H3,(H,59,72)(H,60,73)(H,61,74)(H,62,75)(H,63,76)/t19-,20-,21-,22-,23-,24-,25-,26-,27-,28-,29-,30-,31-,32-,33+,34+,35+,36+,37-,38-,39-,40-,41-,42-,43-,44-,45-,46-,47-,48+,49+,50+,51+,52+,53+,54+,55+,56+,57+,58+/m1/s1. The van der Waals surface area contributed by atoms with Crippen molar-refractivity contribution in [3.63, 3.8) is 0 Å². The lowest BCUT2D eigenvalue weighted by Gasteiger charge is -2.51. The van der Waals surface area contributed by atoms with E-state index in [-0.39, 0.29) is 0 Å². The molecule has 0 aromatic carbocycles. The van der Waals surface area contributed by atoms with E-state index in [2.05, 4.69) is 26.6 Å². The predicted octanol–water partition coefficient (Wildman–Crippen LogP) is -17.7. The molecule has 8 fully saturated rings. The summed E-state index contributed by atoms with van der Waals surface area (Å²) in [6.45, 7) is -3.37. The number of rotatable bonds is 27. The maximum Gasteiger partial charge on any atom is 0.217 e. The van der Waals surface area contributed by atoms with Gasteiger partial charge in [-0.25, -0.2) is 0 Å². The minimum Gasteiger partial charge on any atom is -0.394 e.